The lowest BCUT2D eigenvalue weighted by Gasteiger charge is -2.23. The van der Waals surface area contributed by atoms with Crippen LogP contribution in [0.3, 0.4) is 0 Å². The molecule has 1 unspecified atom stereocenters. The van der Waals surface area contributed by atoms with E-state index in [1.165, 1.54) is 4.90 Å². The van der Waals surface area contributed by atoms with Crippen LogP contribution in [0.25, 0.3) is 0 Å². The zero-order valence-corrected chi connectivity index (χ0v) is 13.4. The fourth-order valence-corrected chi connectivity index (χ4v) is 3.33. The number of halogens is 1. The molecule has 1 amide bonds. The molecule has 0 radical (unpaired) electrons. The van der Waals surface area contributed by atoms with Crippen molar-refractivity contribution in [1.29, 1.82) is 0 Å². The standard InChI is InChI=1S/C11H21ClNO5P/c1-5-13(6-2)11(15)9(14)10(12)19(16,17-7-3)18-8-4/h10H,5-8H2,1-4H3. The molecule has 19 heavy (non-hydrogen) atoms. The van der Waals surface area contributed by atoms with E-state index in [-0.39, 0.29) is 13.2 Å². The van der Waals surface area contributed by atoms with E-state index in [2.05, 4.69) is 0 Å². The van der Waals surface area contributed by atoms with E-state index < -0.39 is 24.4 Å². The summed E-state index contributed by atoms with van der Waals surface area (Å²) in [5, 5.41) is -1.61. The molecule has 0 fully saturated rings. The van der Waals surface area contributed by atoms with Crippen LogP contribution >= 0.6 is 19.2 Å². The molecule has 112 valence electrons. The minimum Gasteiger partial charge on any atom is -0.337 e. The highest BCUT2D eigenvalue weighted by Crippen LogP contribution is 2.55. The van der Waals surface area contributed by atoms with E-state index in [1.807, 2.05) is 0 Å². The second kappa shape index (κ2) is 8.69. The number of likely N-dealkylation sites (N-methyl/N-ethyl adjacent to an activating group) is 1. The maximum Gasteiger partial charge on any atom is 0.356 e. The average Bonchev–Trinajstić information content (AvgIpc) is 2.38. The molecule has 0 bridgehead atoms. The lowest BCUT2D eigenvalue weighted by atomic mass is 10.3. The number of hydrogen-bond acceptors (Lipinski definition) is 5. The molecule has 0 aromatic heterocycles. The fourth-order valence-electron chi connectivity index (χ4n) is 1.44. The van der Waals surface area contributed by atoms with E-state index in [0.29, 0.717) is 13.1 Å². The van der Waals surface area contributed by atoms with Crippen LogP contribution in [-0.2, 0) is 23.2 Å². The van der Waals surface area contributed by atoms with Gasteiger partial charge >= 0.3 is 7.60 Å². The molecule has 0 aliphatic rings. The van der Waals surface area contributed by atoms with Crippen LogP contribution in [0.15, 0.2) is 0 Å². The Morgan fingerprint density at radius 1 is 1.11 bits per heavy atom. The van der Waals surface area contributed by atoms with Crippen molar-refractivity contribution in [3.63, 3.8) is 0 Å². The van der Waals surface area contributed by atoms with Gasteiger partial charge in [0, 0.05) is 13.1 Å². The molecule has 8 heteroatoms. The van der Waals surface area contributed by atoms with Gasteiger partial charge in [-0.05, 0) is 27.7 Å². The van der Waals surface area contributed by atoms with E-state index in [0.717, 1.165) is 0 Å². The zero-order valence-electron chi connectivity index (χ0n) is 11.7. The van der Waals surface area contributed by atoms with Gasteiger partial charge in [-0.1, -0.05) is 0 Å². The van der Waals surface area contributed by atoms with Crippen molar-refractivity contribution in [2.24, 2.45) is 0 Å². The Bertz CT molecular complexity index is 349. The summed E-state index contributed by atoms with van der Waals surface area (Å²) >= 11 is 5.84. The Morgan fingerprint density at radius 3 is 1.84 bits per heavy atom. The summed E-state index contributed by atoms with van der Waals surface area (Å²) in [6.45, 7) is 7.58. The quantitative estimate of drug-likeness (QED) is 0.371. The summed E-state index contributed by atoms with van der Waals surface area (Å²) in [5.41, 5.74) is 0. The Kier molecular flexibility index (Phi) is 8.50. The second-order valence-electron chi connectivity index (χ2n) is 3.55. The van der Waals surface area contributed by atoms with E-state index in [1.54, 1.807) is 27.7 Å². The predicted molar refractivity (Wildman–Crippen MR) is 73.4 cm³/mol. The molecule has 0 aliphatic heterocycles. The van der Waals surface area contributed by atoms with Gasteiger partial charge in [0.2, 0.25) is 10.9 Å². The van der Waals surface area contributed by atoms with Crippen LogP contribution in [0.4, 0.5) is 0 Å². The Hall–Kier alpha value is -0.420. The maximum absolute atomic E-state index is 12.3. The van der Waals surface area contributed by atoms with Crippen molar-refractivity contribution in [1.82, 2.24) is 4.90 Å². The van der Waals surface area contributed by atoms with Crippen LogP contribution < -0.4 is 0 Å². The second-order valence-corrected chi connectivity index (χ2v) is 6.41. The van der Waals surface area contributed by atoms with Gasteiger partial charge < -0.3 is 13.9 Å². The van der Waals surface area contributed by atoms with Crippen LogP contribution in [0, 0.1) is 0 Å². The van der Waals surface area contributed by atoms with Crippen molar-refractivity contribution in [2.45, 2.75) is 32.8 Å². The van der Waals surface area contributed by atoms with E-state index in [9.17, 15) is 14.2 Å². The first kappa shape index (κ1) is 18.6. The van der Waals surface area contributed by atoms with E-state index >= 15 is 0 Å². The third-order valence-electron chi connectivity index (χ3n) is 2.37. The van der Waals surface area contributed by atoms with Gasteiger partial charge in [0.25, 0.3) is 5.91 Å². The molecule has 0 aliphatic carbocycles. The number of amides is 1. The Labute approximate surface area is 118 Å². The summed E-state index contributed by atoms with van der Waals surface area (Å²) in [4.78, 5) is 25.1. The predicted octanol–water partition coefficient (Wildman–Crippen LogP) is 2.25. The highest BCUT2D eigenvalue weighted by Gasteiger charge is 2.43. The number of carbonyl (C=O) groups excluding carboxylic acids is 2. The third kappa shape index (κ3) is 4.88. The number of carbonyl (C=O) groups is 2. The summed E-state index contributed by atoms with van der Waals surface area (Å²) in [5.74, 6) is -1.74. The molecule has 0 aromatic rings. The normalized spacial score (nSPS) is 13.1. The molecular weight excluding hydrogens is 293 g/mol. The summed E-state index contributed by atoms with van der Waals surface area (Å²) < 4.78 is 22.2. The third-order valence-corrected chi connectivity index (χ3v) is 5.31. The molecule has 1 atom stereocenters. The van der Waals surface area contributed by atoms with Crippen LogP contribution in [0.1, 0.15) is 27.7 Å². The van der Waals surface area contributed by atoms with Crippen molar-refractivity contribution >= 4 is 30.9 Å². The van der Waals surface area contributed by atoms with Crippen molar-refractivity contribution in [2.75, 3.05) is 26.3 Å². The number of nitrogens with zero attached hydrogens (tertiary/aromatic N) is 1. The van der Waals surface area contributed by atoms with Crippen LogP contribution in [0.5, 0.6) is 0 Å². The smallest absolute Gasteiger partial charge is 0.337 e. The number of hydrogen-bond donors (Lipinski definition) is 0. The highest BCUT2D eigenvalue weighted by atomic mass is 35.5. The fraction of sp³-hybridized carbons (Fsp3) is 0.818. The molecule has 0 aromatic carbocycles. The molecule has 0 rings (SSSR count). The molecule has 0 saturated heterocycles. The van der Waals surface area contributed by atoms with Crippen LogP contribution in [-0.4, -0.2) is 48.0 Å². The molecule has 6 nitrogen and oxygen atoms in total. The zero-order chi connectivity index (χ0) is 15.1. The molecule has 0 heterocycles. The molecule has 0 saturated carbocycles. The Morgan fingerprint density at radius 2 is 1.53 bits per heavy atom. The van der Waals surface area contributed by atoms with Gasteiger partial charge in [0.05, 0.1) is 13.2 Å². The van der Waals surface area contributed by atoms with Gasteiger partial charge in [0.15, 0.2) is 0 Å². The van der Waals surface area contributed by atoms with Crippen molar-refractivity contribution in [3.8, 4) is 0 Å². The monoisotopic (exact) mass is 313 g/mol. The Balaban J connectivity index is 5.05. The average molecular weight is 314 g/mol. The lowest BCUT2D eigenvalue weighted by Crippen LogP contribution is -2.40. The highest BCUT2D eigenvalue weighted by molar-refractivity contribution is 7.58. The minimum atomic E-state index is -3.81. The van der Waals surface area contributed by atoms with Gasteiger partial charge in [-0.25, -0.2) is 0 Å². The summed E-state index contributed by atoms with van der Waals surface area (Å²) in [7, 11) is -3.81. The largest absolute Gasteiger partial charge is 0.356 e. The van der Waals surface area contributed by atoms with Gasteiger partial charge in [0.1, 0.15) is 0 Å². The van der Waals surface area contributed by atoms with Gasteiger partial charge in [-0.15, -0.1) is 11.6 Å². The molecular formula is C11H21ClNO5P. The minimum absolute atomic E-state index is 0.0766. The van der Waals surface area contributed by atoms with Crippen molar-refractivity contribution in [3.05, 3.63) is 0 Å². The van der Waals surface area contributed by atoms with Crippen LogP contribution in [0.2, 0.25) is 0 Å². The van der Waals surface area contributed by atoms with E-state index in [4.69, 9.17) is 20.6 Å². The summed E-state index contributed by atoms with van der Waals surface area (Å²) in [6.07, 6.45) is 0. The molecule has 0 N–H and O–H groups in total. The maximum atomic E-state index is 12.3. The number of rotatable bonds is 9. The summed E-state index contributed by atoms with van der Waals surface area (Å²) in [6, 6.07) is 0. The number of ketones is 1. The first-order valence-electron chi connectivity index (χ1n) is 6.23. The first-order chi connectivity index (χ1) is 8.87. The SMILES string of the molecule is CCOP(=O)(OCC)C(Cl)C(=O)C(=O)N(CC)CC. The molecule has 0 spiro atoms. The lowest BCUT2D eigenvalue weighted by molar-refractivity contribution is -0.143. The topological polar surface area (TPSA) is 72.9 Å². The van der Waals surface area contributed by atoms with Crippen molar-refractivity contribution < 1.29 is 23.2 Å². The first-order valence-corrected chi connectivity index (χ1v) is 8.28. The number of Topliss-reactive ketones (excluding diaryl/α,β-unsaturated/α-hetero) is 1. The number of alkyl halides is 1. The van der Waals surface area contributed by atoms with Gasteiger partial charge in [-0.3, -0.25) is 14.2 Å². The van der Waals surface area contributed by atoms with Gasteiger partial charge in [-0.2, -0.15) is 0 Å².